The number of para-hydroxylation sites is 1. The van der Waals surface area contributed by atoms with Gasteiger partial charge in [-0.2, -0.15) is 0 Å². The summed E-state index contributed by atoms with van der Waals surface area (Å²) in [5.41, 5.74) is 8.88. The molecule has 0 saturated heterocycles. The van der Waals surface area contributed by atoms with Crippen LogP contribution in [0.5, 0.6) is 5.75 Å². The number of hydrogen-bond donors (Lipinski definition) is 1. The number of methoxy groups -OCH3 is 1. The Morgan fingerprint density at radius 2 is 1.83 bits per heavy atom. The Kier molecular flexibility index (Phi) is 3.63. The van der Waals surface area contributed by atoms with Crippen LogP contribution in [0.2, 0.25) is 0 Å². The van der Waals surface area contributed by atoms with Crippen LogP contribution in [0.4, 0.5) is 4.39 Å². The lowest BCUT2D eigenvalue weighted by molar-refractivity contribution is 0.408. The van der Waals surface area contributed by atoms with E-state index in [1.165, 1.54) is 12.1 Å². The highest BCUT2D eigenvalue weighted by molar-refractivity contribution is 5.43. The van der Waals surface area contributed by atoms with Crippen molar-refractivity contribution >= 4 is 0 Å². The Morgan fingerprint density at radius 1 is 1.11 bits per heavy atom. The minimum Gasteiger partial charge on any atom is -0.496 e. The van der Waals surface area contributed by atoms with E-state index >= 15 is 0 Å². The average Bonchev–Trinajstić information content (AvgIpc) is 2.38. The smallest absolute Gasteiger partial charge is 0.123 e. The van der Waals surface area contributed by atoms with E-state index in [1.807, 2.05) is 31.2 Å². The van der Waals surface area contributed by atoms with Crippen LogP contribution in [0.1, 0.15) is 22.7 Å². The molecule has 0 heterocycles. The van der Waals surface area contributed by atoms with Crippen LogP contribution in [0.3, 0.4) is 0 Å². The lowest BCUT2D eigenvalue weighted by Crippen LogP contribution is -2.14. The zero-order chi connectivity index (χ0) is 13.1. The summed E-state index contributed by atoms with van der Waals surface area (Å²) in [7, 11) is 1.61. The summed E-state index contributed by atoms with van der Waals surface area (Å²) in [6, 6.07) is 11.9. The van der Waals surface area contributed by atoms with Crippen LogP contribution in [0.15, 0.2) is 42.5 Å². The first-order valence-electron chi connectivity index (χ1n) is 5.78. The molecule has 0 amide bonds. The summed E-state index contributed by atoms with van der Waals surface area (Å²) in [5, 5.41) is 0. The first-order chi connectivity index (χ1) is 8.63. The molecule has 0 aliphatic rings. The number of rotatable bonds is 3. The van der Waals surface area contributed by atoms with Gasteiger partial charge < -0.3 is 10.5 Å². The fourth-order valence-corrected chi connectivity index (χ4v) is 2.08. The van der Waals surface area contributed by atoms with E-state index in [0.717, 1.165) is 22.4 Å². The molecular formula is C15H16FNO. The van der Waals surface area contributed by atoms with Crippen LogP contribution >= 0.6 is 0 Å². The topological polar surface area (TPSA) is 35.2 Å². The van der Waals surface area contributed by atoms with Crippen LogP contribution < -0.4 is 10.5 Å². The summed E-state index contributed by atoms with van der Waals surface area (Å²) < 4.78 is 18.4. The minimum atomic E-state index is -0.318. The molecular weight excluding hydrogens is 229 g/mol. The Hall–Kier alpha value is -1.87. The predicted octanol–water partition coefficient (Wildman–Crippen LogP) is 3.19. The lowest BCUT2D eigenvalue weighted by Gasteiger charge is -2.18. The second-order valence-electron chi connectivity index (χ2n) is 4.22. The van der Waals surface area contributed by atoms with Crippen LogP contribution in [-0.4, -0.2) is 7.11 Å². The highest BCUT2D eigenvalue weighted by Gasteiger charge is 2.15. The Bertz CT molecular complexity index is 554. The van der Waals surface area contributed by atoms with Gasteiger partial charge in [0.2, 0.25) is 0 Å². The third-order valence-corrected chi connectivity index (χ3v) is 3.04. The molecule has 0 radical (unpaired) electrons. The summed E-state index contributed by atoms with van der Waals surface area (Å²) >= 11 is 0. The standard InChI is InChI=1S/C15H16FNO/c1-10-9-11(16)7-8-12(10)15(17)13-5-3-4-6-14(13)18-2/h3-9,15H,17H2,1-2H3. The molecule has 1 atom stereocenters. The van der Waals surface area contributed by atoms with Crippen molar-refractivity contribution in [2.75, 3.05) is 7.11 Å². The van der Waals surface area contributed by atoms with Crippen molar-refractivity contribution in [3.8, 4) is 5.75 Å². The van der Waals surface area contributed by atoms with Crippen molar-refractivity contribution in [1.29, 1.82) is 0 Å². The molecule has 3 heteroatoms. The van der Waals surface area contributed by atoms with Crippen molar-refractivity contribution < 1.29 is 9.13 Å². The molecule has 0 aromatic heterocycles. The van der Waals surface area contributed by atoms with E-state index in [9.17, 15) is 4.39 Å². The molecule has 0 bridgehead atoms. The maximum atomic E-state index is 13.1. The van der Waals surface area contributed by atoms with Gasteiger partial charge in [-0.1, -0.05) is 24.3 Å². The van der Waals surface area contributed by atoms with Gasteiger partial charge in [0, 0.05) is 5.56 Å². The van der Waals surface area contributed by atoms with E-state index in [4.69, 9.17) is 10.5 Å². The van der Waals surface area contributed by atoms with Crippen molar-refractivity contribution in [2.45, 2.75) is 13.0 Å². The molecule has 18 heavy (non-hydrogen) atoms. The van der Waals surface area contributed by atoms with Gasteiger partial charge in [-0.05, 0) is 36.2 Å². The second kappa shape index (κ2) is 5.19. The third-order valence-electron chi connectivity index (χ3n) is 3.04. The summed E-state index contributed by atoms with van der Waals surface area (Å²) in [6.07, 6.45) is 0. The summed E-state index contributed by atoms with van der Waals surface area (Å²) in [4.78, 5) is 0. The van der Waals surface area contributed by atoms with Crippen LogP contribution in [0.25, 0.3) is 0 Å². The Labute approximate surface area is 106 Å². The molecule has 1 unspecified atom stereocenters. The normalized spacial score (nSPS) is 12.2. The first kappa shape index (κ1) is 12.6. The predicted molar refractivity (Wildman–Crippen MR) is 70.2 cm³/mol. The molecule has 2 N–H and O–H groups in total. The van der Waals surface area contributed by atoms with Crippen LogP contribution in [0, 0.1) is 12.7 Å². The number of aryl methyl sites for hydroxylation is 1. The Balaban J connectivity index is 2.44. The van der Waals surface area contributed by atoms with E-state index in [-0.39, 0.29) is 11.9 Å². The maximum absolute atomic E-state index is 13.1. The van der Waals surface area contributed by atoms with E-state index in [1.54, 1.807) is 13.2 Å². The molecule has 0 aliphatic heterocycles. The maximum Gasteiger partial charge on any atom is 0.123 e. The molecule has 2 aromatic rings. The lowest BCUT2D eigenvalue weighted by atomic mass is 9.95. The van der Waals surface area contributed by atoms with Gasteiger partial charge in [-0.3, -0.25) is 0 Å². The largest absolute Gasteiger partial charge is 0.496 e. The zero-order valence-corrected chi connectivity index (χ0v) is 10.5. The highest BCUT2D eigenvalue weighted by atomic mass is 19.1. The van der Waals surface area contributed by atoms with Gasteiger partial charge >= 0.3 is 0 Å². The average molecular weight is 245 g/mol. The first-order valence-corrected chi connectivity index (χ1v) is 5.78. The van der Waals surface area contributed by atoms with Crippen molar-refractivity contribution in [3.05, 3.63) is 65.0 Å². The summed E-state index contributed by atoms with van der Waals surface area (Å²) in [5.74, 6) is 0.497. The number of hydrogen-bond acceptors (Lipinski definition) is 2. The van der Waals surface area contributed by atoms with E-state index < -0.39 is 0 Å². The highest BCUT2D eigenvalue weighted by Crippen LogP contribution is 2.29. The number of nitrogens with two attached hydrogens (primary N) is 1. The van der Waals surface area contributed by atoms with E-state index in [0.29, 0.717) is 0 Å². The van der Waals surface area contributed by atoms with Gasteiger partial charge in [0.1, 0.15) is 11.6 Å². The SMILES string of the molecule is COc1ccccc1C(N)c1ccc(F)cc1C. The number of ether oxygens (including phenoxy) is 1. The van der Waals surface area contributed by atoms with Gasteiger partial charge in [-0.15, -0.1) is 0 Å². The molecule has 0 saturated carbocycles. The molecule has 0 fully saturated rings. The van der Waals surface area contributed by atoms with Crippen molar-refractivity contribution in [2.24, 2.45) is 5.73 Å². The van der Waals surface area contributed by atoms with Gasteiger partial charge in [0.25, 0.3) is 0 Å². The quantitative estimate of drug-likeness (QED) is 0.901. The van der Waals surface area contributed by atoms with E-state index in [2.05, 4.69) is 0 Å². The van der Waals surface area contributed by atoms with Gasteiger partial charge in [0.05, 0.1) is 13.2 Å². The molecule has 2 nitrogen and oxygen atoms in total. The second-order valence-corrected chi connectivity index (χ2v) is 4.22. The Morgan fingerprint density at radius 3 is 2.50 bits per heavy atom. The van der Waals surface area contributed by atoms with Crippen LogP contribution in [-0.2, 0) is 0 Å². The number of halogens is 1. The van der Waals surface area contributed by atoms with Crippen molar-refractivity contribution in [1.82, 2.24) is 0 Å². The molecule has 94 valence electrons. The monoisotopic (exact) mass is 245 g/mol. The fraction of sp³-hybridized carbons (Fsp3) is 0.200. The van der Waals surface area contributed by atoms with Gasteiger partial charge in [0.15, 0.2) is 0 Å². The summed E-state index contributed by atoms with van der Waals surface area (Å²) in [6.45, 7) is 1.85. The molecule has 2 aromatic carbocycles. The fourth-order valence-electron chi connectivity index (χ4n) is 2.08. The van der Waals surface area contributed by atoms with Crippen molar-refractivity contribution in [3.63, 3.8) is 0 Å². The third kappa shape index (κ3) is 2.36. The van der Waals surface area contributed by atoms with Gasteiger partial charge in [-0.25, -0.2) is 4.39 Å². The molecule has 2 rings (SSSR count). The number of benzene rings is 2. The minimum absolute atomic E-state index is 0.247. The zero-order valence-electron chi connectivity index (χ0n) is 10.5. The molecule has 0 spiro atoms. The molecule has 0 aliphatic carbocycles.